The average Bonchev–Trinajstić information content (AvgIpc) is 3.16. The van der Waals surface area contributed by atoms with Crippen LogP contribution in [0.2, 0.25) is 5.02 Å². The molecule has 2 aromatic heterocycles. The van der Waals surface area contributed by atoms with Crippen LogP contribution in [0.1, 0.15) is 29.2 Å². The van der Waals surface area contributed by atoms with E-state index >= 15 is 0 Å². The van der Waals surface area contributed by atoms with Crippen LogP contribution in [-0.2, 0) is 4.79 Å². The van der Waals surface area contributed by atoms with Crippen molar-refractivity contribution in [3.63, 3.8) is 0 Å². The SMILES string of the molecule is Cc1nn(-c2ccc(Cl)cc2)c2c1[C@@H](c1ccsc1)CC(=O)N2. The summed E-state index contributed by atoms with van der Waals surface area (Å²) in [6.45, 7) is 1.99. The second kappa shape index (κ2) is 5.51. The van der Waals surface area contributed by atoms with Crippen LogP contribution in [0.4, 0.5) is 5.82 Å². The molecule has 1 atom stereocenters. The summed E-state index contributed by atoms with van der Waals surface area (Å²) >= 11 is 7.61. The molecular weight excluding hydrogens is 330 g/mol. The summed E-state index contributed by atoms with van der Waals surface area (Å²) < 4.78 is 1.79. The predicted molar refractivity (Wildman–Crippen MR) is 92.7 cm³/mol. The van der Waals surface area contributed by atoms with E-state index in [1.807, 2.05) is 36.6 Å². The number of aryl methyl sites for hydroxylation is 1. The molecule has 6 heteroatoms. The van der Waals surface area contributed by atoms with Crippen LogP contribution < -0.4 is 5.32 Å². The van der Waals surface area contributed by atoms with Crippen LogP contribution in [0.15, 0.2) is 41.1 Å². The molecule has 3 heterocycles. The fourth-order valence-corrected chi connectivity index (χ4v) is 3.91. The summed E-state index contributed by atoms with van der Waals surface area (Å²) in [7, 11) is 0. The van der Waals surface area contributed by atoms with Gasteiger partial charge in [0.15, 0.2) is 0 Å². The Bertz CT molecular complexity index is 868. The molecule has 0 saturated carbocycles. The van der Waals surface area contributed by atoms with Gasteiger partial charge < -0.3 is 5.32 Å². The minimum absolute atomic E-state index is 0.0174. The number of nitrogens with one attached hydrogen (secondary N) is 1. The molecule has 0 unspecified atom stereocenters. The molecular formula is C17H14ClN3OS. The Labute approximate surface area is 142 Å². The molecule has 4 rings (SSSR count). The van der Waals surface area contributed by atoms with Gasteiger partial charge in [0.1, 0.15) is 5.82 Å². The standard InChI is InChI=1S/C17H14ClN3OS/c1-10-16-14(11-6-7-23-9-11)8-15(22)19-17(16)21(20-10)13-4-2-12(18)3-5-13/h2-7,9,14H,8H2,1H3,(H,19,22)/t14-/m1/s1. The monoisotopic (exact) mass is 343 g/mol. The molecule has 0 spiro atoms. The lowest BCUT2D eigenvalue weighted by molar-refractivity contribution is -0.116. The highest BCUT2D eigenvalue weighted by Crippen LogP contribution is 2.40. The zero-order valence-corrected chi connectivity index (χ0v) is 14.0. The van der Waals surface area contributed by atoms with Gasteiger partial charge in [-0.1, -0.05) is 11.6 Å². The number of nitrogens with zero attached hydrogens (tertiary/aromatic N) is 2. The Balaban J connectivity index is 1.88. The first kappa shape index (κ1) is 14.5. The molecule has 116 valence electrons. The molecule has 1 amide bonds. The number of rotatable bonds is 2. The summed E-state index contributed by atoms with van der Waals surface area (Å²) in [5.41, 5.74) is 4.08. The van der Waals surface area contributed by atoms with Gasteiger partial charge in [-0.3, -0.25) is 4.79 Å². The van der Waals surface area contributed by atoms with Crippen LogP contribution >= 0.6 is 22.9 Å². The number of fused-ring (bicyclic) bond motifs is 1. The maximum absolute atomic E-state index is 12.2. The smallest absolute Gasteiger partial charge is 0.226 e. The lowest BCUT2D eigenvalue weighted by Gasteiger charge is -2.23. The minimum Gasteiger partial charge on any atom is -0.310 e. The van der Waals surface area contributed by atoms with Gasteiger partial charge in [0, 0.05) is 22.9 Å². The van der Waals surface area contributed by atoms with E-state index in [9.17, 15) is 4.79 Å². The Morgan fingerprint density at radius 3 is 2.78 bits per heavy atom. The molecule has 3 aromatic rings. The number of anilines is 1. The normalized spacial score (nSPS) is 17.0. The molecule has 0 bridgehead atoms. The largest absolute Gasteiger partial charge is 0.310 e. The lowest BCUT2D eigenvalue weighted by atomic mass is 9.87. The highest BCUT2D eigenvalue weighted by molar-refractivity contribution is 7.08. The number of aromatic nitrogens is 2. The summed E-state index contributed by atoms with van der Waals surface area (Å²) in [5.74, 6) is 0.840. The second-order valence-corrected chi connectivity index (χ2v) is 6.81. The first-order valence-electron chi connectivity index (χ1n) is 7.31. The van der Waals surface area contributed by atoms with Crippen molar-refractivity contribution in [2.45, 2.75) is 19.3 Å². The molecule has 0 fully saturated rings. The molecule has 1 N–H and O–H groups in total. The number of thiophene rings is 1. The van der Waals surface area contributed by atoms with Gasteiger partial charge >= 0.3 is 0 Å². The van der Waals surface area contributed by atoms with E-state index in [4.69, 9.17) is 11.6 Å². The van der Waals surface area contributed by atoms with Crippen molar-refractivity contribution >= 4 is 34.7 Å². The van der Waals surface area contributed by atoms with E-state index < -0.39 is 0 Å². The van der Waals surface area contributed by atoms with Crippen molar-refractivity contribution in [1.82, 2.24) is 9.78 Å². The number of carbonyl (C=O) groups is 1. The first-order valence-corrected chi connectivity index (χ1v) is 8.63. The average molecular weight is 344 g/mol. The van der Waals surface area contributed by atoms with E-state index in [0.29, 0.717) is 11.4 Å². The highest BCUT2D eigenvalue weighted by Gasteiger charge is 2.32. The minimum atomic E-state index is 0.0174. The van der Waals surface area contributed by atoms with Crippen LogP contribution in [-0.4, -0.2) is 15.7 Å². The second-order valence-electron chi connectivity index (χ2n) is 5.60. The van der Waals surface area contributed by atoms with Gasteiger partial charge in [-0.05, 0) is 53.6 Å². The van der Waals surface area contributed by atoms with Gasteiger partial charge in [0.05, 0.1) is 11.4 Å². The van der Waals surface area contributed by atoms with Crippen molar-refractivity contribution in [2.75, 3.05) is 5.32 Å². The molecule has 1 aromatic carbocycles. The molecule has 0 aliphatic carbocycles. The fraction of sp³-hybridized carbons (Fsp3) is 0.176. The fourth-order valence-electron chi connectivity index (χ4n) is 3.07. The zero-order chi connectivity index (χ0) is 16.0. The van der Waals surface area contributed by atoms with Crippen LogP contribution in [0.5, 0.6) is 0 Å². The Morgan fingerprint density at radius 1 is 1.30 bits per heavy atom. The number of halogens is 1. The summed E-state index contributed by atoms with van der Waals surface area (Å²) in [5, 5.41) is 12.5. The van der Waals surface area contributed by atoms with Gasteiger partial charge in [0.2, 0.25) is 5.91 Å². The van der Waals surface area contributed by atoms with Crippen molar-refractivity contribution in [2.24, 2.45) is 0 Å². The number of hydrogen-bond acceptors (Lipinski definition) is 3. The number of carbonyl (C=O) groups excluding carboxylic acids is 1. The summed E-state index contributed by atoms with van der Waals surface area (Å²) in [6.07, 6.45) is 0.455. The number of hydrogen-bond donors (Lipinski definition) is 1. The van der Waals surface area contributed by atoms with Gasteiger partial charge in [-0.2, -0.15) is 16.4 Å². The van der Waals surface area contributed by atoms with Gasteiger partial charge in [0.25, 0.3) is 0 Å². The molecule has 0 saturated heterocycles. The lowest BCUT2D eigenvalue weighted by Crippen LogP contribution is -2.24. The van der Waals surface area contributed by atoms with E-state index in [1.54, 1.807) is 16.0 Å². The maximum Gasteiger partial charge on any atom is 0.226 e. The Hall–Kier alpha value is -2.11. The van der Waals surface area contributed by atoms with E-state index in [0.717, 1.165) is 22.8 Å². The summed E-state index contributed by atoms with van der Waals surface area (Å²) in [6, 6.07) is 9.52. The number of amides is 1. The van der Waals surface area contributed by atoms with Crippen molar-refractivity contribution < 1.29 is 4.79 Å². The molecule has 4 nitrogen and oxygen atoms in total. The van der Waals surface area contributed by atoms with Crippen LogP contribution in [0.3, 0.4) is 0 Å². The Kier molecular flexibility index (Phi) is 3.47. The van der Waals surface area contributed by atoms with Crippen molar-refractivity contribution in [1.29, 1.82) is 0 Å². The third kappa shape index (κ3) is 2.46. The molecule has 0 radical (unpaired) electrons. The van der Waals surface area contributed by atoms with E-state index in [-0.39, 0.29) is 11.8 Å². The third-order valence-corrected chi connectivity index (χ3v) is 5.07. The summed E-state index contributed by atoms with van der Waals surface area (Å²) in [4.78, 5) is 12.2. The first-order chi connectivity index (χ1) is 11.1. The van der Waals surface area contributed by atoms with Gasteiger partial charge in [-0.25, -0.2) is 4.68 Å². The zero-order valence-electron chi connectivity index (χ0n) is 12.4. The van der Waals surface area contributed by atoms with Gasteiger partial charge in [-0.15, -0.1) is 0 Å². The van der Waals surface area contributed by atoms with E-state index in [1.165, 1.54) is 5.56 Å². The number of benzene rings is 1. The predicted octanol–water partition coefficient (Wildman–Crippen LogP) is 4.37. The maximum atomic E-state index is 12.2. The quantitative estimate of drug-likeness (QED) is 0.751. The molecule has 23 heavy (non-hydrogen) atoms. The molecule has 1 aliphatic rings. The third-order valence-electron chi connectivity index (χ3n) is 4.12. The van der Waals surface area contributed by atoms with Crippen molar-refractivity contribution in [3.05, 3.63) is 62.9 Å². The van der Waals surface area contributed by atoms with Crippen LogP contribution in [0.25, 0.3) is 5.69 Å². The topological polar surface area (TPSA) is 46.9 Å². The highest BCUT2D eigenvalue weighted by atomic mass is 35.5. The van der Waals surface area contributed by atoms with Crippen LogP contribution in [0, 0.1) is 6.92 Å². The Morgan fingerprint density at radius 2 is 2.09 bits per heavy atom. The van der Waals surface area contributed by atoms with Crippen molar-refractivity contribution in [3.8, 4) is 5.69 Å². The van der Waals surface area contributed by atoms with E-state index in [2.05, 4.69) is 21.9 Å². The molecule has 1 aliphatic heterocycles.